The number of rotatable bonds is 4. The predicted molar refractivity (Wildman–Crippen MR) is 73.2 cm³/mol. The van der Waals surface area contributed by atoms with E-state index in [1.807, 2.05) is 30.1 Å². The predicted octanol–water partition coefficient (Wildman–Crippen LogP) is 2.08. The van der Waals surface area contributed by atoms with E-state index in [0.717, 1.165) is 24.2 Å². The van der Waals surface area contributed by atoms with E-state index in [1.165, 1.54) is 11.5 Å². The van der Waals surface area contributed by atoms with Crippen LogP contribution in [0.3, 0.4) is 0 Å². The highest BCUT2D eigenvalue weighted by molar-refractivity contribution is 7.09. The monoisotopic (exact) mass is 277 g/mol. The fourth-order valence-corrected chi connectivity index (χ4v) is 2.42. The van der Waals surface area contributed by atoms with Crippen LogP contribution in [0.5, 0.6) is 0 Å². The Morgan fingerprint density at radius 3 is 3.11 bits per heavy atom. The van der Waals surface area contributed by atoms with Crippen LogP contribution in [0.15, 0.2) is 18.5 Å². The number of amides is 2. The first-order valence-corrected chi connectivity index (χ1v) is 6.97. The minimum absolute atomic E-state index is 0.248. The van der Waals surface area contributed by atoms with Gasteiger partial charge in [0.25, 0.3) is 0 Å². The van der Waals surface area contributed by atoms with Gasteiger partial charge in [0.05, 0.1) is 0 Å². The Labute approximate surface area is 115 Å². The molecule has 1 saturated carbocycles. The third-order valence-electron chi connectivity index (χ3n) is 2.95. The molecule has 0 unspecified atom stereocenters. The molecule has 0 spiro atoms. The van der Waals surface area contributed by atoms with Gasteiger partial charge in [-0.3, -0.25) is 5.32 Å². The lowest BCUT2D eigenvalue weighted by Crippen LogP contribution is -2.27. The molecule has 2 heterocycles. The van der Waals surface area contributed by atoms with Crippen molar-refractivity contribution in [1.29, 1.82) is 0 Å². The van der Waals surface area contributed by atoms with E-state index in [4.69, 9.17) is 0 Å². The van der Waals surface area contributed by atoms with Crippen molar-refractivity contribution in [2.45, 2.75) is 25.3 Å². The molecule has 3 rings (SSSR count). The first kappa shape index (κ1) is 12.2. The number of carbonyl (C=O) groups is 1. The smallest absolute Gasteiger partial charge is 0.321 e. The van der Waals surface area contributed by atoms with Gasteiger partial charge < -0.3 is 9.88 Å². The number of nitrogens with one attached hydrogen (secondary N) is 2. The zero-order valence-electron chi connectivity index (χ0n) is 10.6. The van der Waals surface area contributed by atoms with Crippen LogP contribution in [-0.2, 0) is 13.6 Å². The minimum atomic E-state index is -0.248. The number of carbonyl (C=O) groups excluding carboxylic acids is 1. The van der Waals surface area contributed by atoms with Crippen LogP contribution in [0.4, 0.5) is 9.93 Å². The van der Waals surface area contributed by atoms with Crippen molar-refractivity contribution in [2.24, 2.45) is 7.05 Å². The molecular formula is C12H15N5OS. The average Bonchev–Trinajstić information content (AvgIpc) is 3.00. The summed E-state index contributed by atoms with van der Waals surface area (Å²) < 4.78 is 6.18. The molecule has 1 aliphatic carbocycles. The molecule has 1 aliphatic rings. The Morgan fingerprint density at radius 1 is 1.58 bits per heavy atom. The quantitative estimate of drug-likeness (QED) is 0.898. The second-order valence-corrected chi connectivity index (χ2v) is 5.48. The molecule has 100 valence electrons. The van der Waals surface area contributed by atoms with Gasteiger partial charge in [-0.15, -0.1) is 0 Å². The molecule has 0 saturated heterocycles. The summed E-state index contributed by atoms with van der Waals surface area (Å²) in [7, 11) is 1.95. The van der Waals surface area contributed by atoms with Crippen LogP contribution < -0.4 is 10.6 Å². The van der Waals surface area contributed by atoms with E-state index in [2.05, 4.69) is 20.0 Å². The normalized spacial score (nSPS) is 14.4. The van der Waals surface area contributed by atoms with Gasteiger partial charge in [-0.1, -0.05) is 0 Å². The van der Waals surface area contributed by atoms with Crippen LogP contribution in [0, 0.1) is 0 Å². The van der Waals surface area contributed by atoms with E-state index < -0.39 is 0 Å². The highest BCUT2D eigenvalue weighted by atomic mass is 32.1. The molecule has 19 heavy (non-hydrogen) atoms. The molecule has 2 aromatic rings. The van der Waals surface area contributed by atoms with Crippen LogP contribution in [0.1, 0.15) is 30.1 Å². The summed E-state index contributed by atoms with van der Waals surface area (Å²) in [5, 5.41) is 6.06. The van der Waals surface area contributed by atoms with Crippen LogP contribution >= 0.6 is 11.5 Å². The lowest BCUT2D eigenvalue weighted by Gasteiger charge is -2.03. The van der Waals surface area contributed by atoms with Gasteiger partial charge in [-0.2, -0.15) is 4.37 Å². The fourth-order valence-electron chi connectivity index (χ4n) is 1.78. The topological polar surface area (TPSA) is 71.8 Å². The zero-order valence-corrected chi connectivity index (χ0v) is 11.4. The van der Waals surface area contributed by atoms with Gasteiger partial charge in [-0.05, 0) is 24.5 Å². The lowest BCUT2D eigenvalue weighted by atomic mass is 10.3. The summed E-state index contributed by atoms with van der Waals surface area (Å²) in [6.45, 7) is 0.501. The number of aryl methyl sites for hydroxylation is 1. The van der Waals surface area contributed by atoms with Gasteiger partial charge in [0.2, 0.25) is 5.13 Å². The average molecular weight is 277 g/mol. The molecule has 2 aromatic heterocycles. The molecule has 0 aliphatic heterocycles. The number of urea groups is 1. The highest BCUT2D eigenvalue weighted by Gasteiger charge is 2.27. The Hall–Kier alpha value is -1.89. The molecule has 2 N–H and O–H groups in total. The summed E-state index contributed by atoms with van der Waals surface area (Å²) in [6.07, 6.45) is 6.24. The van der Waals surface area contributed by atoms with E-state index in [-0.39, 0.29) is 6.03 Å². The van der Waals surface area contributed by atoms with Crippen LogP contribution in [-0.4, -0.2) is 20.0 Å². The highest BCUT2D eigenvalue weighted by Crippen LogP contribution is 2.39. The van der Waals surface area contributed by atoms with Gasteiger partial charge >= 0.3 is 6.03 Å². The first-order valence-electron chi connectivity index (χ1n) is 6.20. The molecular weight excluding hydrogens is 262 g/mol. The third-order valence-corrected chi connectivity index (χ3v) is 3.60. The van der Waals surface area contributed by atoms with E-state index in [9.17, 15) is 4.79 Å². The number of anilines is 1. The van der Waals surface area contributed by atoms with Crippen molar-refractivity contribution in [2.75, 3.05) is 5.32 Å². The molecule has 7 heteroatoms. The second kappa shape index (κ2) is 5.00. The van der Waals surface area contributed by atoms with E-state index >= 15 is 0 Å². The van der Waals surface area contributed by atoms with E-state index in [0.29, 0.717) is 17.6 Å². The standard InChI is InChI=1S/C12H15N5OS/c1-17-5-4-8(7-17)6-13-11(18)15-12-14-10(16-19-12)9-2-3-9/h4-5,7,9H,2-3,6H2,1H3,(H2,13,14,15,16,18). The lowest BCUT2D eigenvalue weighted by molar-refractivity contribution is 0.251. The van der Waals surface area contributed by atoms with Gasteiger partial charge in [0.1, 0.15) is 5.82 Å². The molecule has 0 aromatic carbocycles. The number of aromatic nitrogens is 3. The van der Waals surface area contributed by atoms with Crippen molar-refractivity contribution >= 4 is 22.7 Å². The van der Waals surface area contributed by atoms with Crippen molar-refractivity contribution in [3.63, 3.8) is 0 Å². The van der Waals surface area contributed by atoms with Crippen LogP contribution in [0.25, 0.3) is 0 Å². The second-order valence-electron chi connectivity index (χ2n) is 4.72. The van der Waals surface area contributed by atoms with Gasteiger partial charge in [0.15, 0.2) is 0 Å². The van der Waals surface area contributed by atoms with Gasteiger partial charge in [-0.25, -0.2) is 9.78 Å². The molecule has 0 radical (unpaired) electrons. The van der Waals surface area contributed by atoms with Gasteiger partial charge in [0, 0.05) is 43.4 Å². The van der Waals surface area contributed by atoms with Crippen molar-refractivity contribution in [3.8, 4) is 0 Å². The van der Waals surface area contributed by atoms with Crippen molar-refractivity contribution in [1.82, 2.24) is 19.2 Å². The summed E-state index contributed by atoms with van der Waals surface area (Å²) in [5.74, 6) is 1.38. The number of hydrogen-bond acceptors (Lipinski definition) is 4. The molecule has 6 nitrogen and oxygen atoms in total. The Bertz CT molecular complexity index is 586. The maximum Gasteiger partial charge on any atom is 0.321 e. The largest absolute Gasteiger partial charge is 0.357 e. The zero-order chi connectivity index (χ0) is 13.2. The summed E-state index contributed by atoms with van der Waals surface area (Å²) in [6, 6.07) is 1.72. The third kappa shape index (κ3) is 3.11. The number of nitrogens with zero attached hydrogens (tertiary/aromatic N) is 3. The maximum atomic E-state index is 11.7. The molecule has 1 fully saturated rings. The molecule has 2 amide bonds. The first-order chi connectivity index (χ1) is 9.20. The maximum absolute atomic E-state index is 11.7. The SMILES string of the molecule is Cn1ccc(CNC(=O)Nc2nc(C3CC3)ns2)c1. The summed E-state index contributed by atoms with van der Waals surface area (Å²) >= 11 is 1.23. The van der Waals surface area contributed by atoms with E-state index in [1.54, 1.807) is 0 Å². The van der Waals surface area contributed by atoms with Crippen LogP contribution in [0.2, 0.25) is 0 Å². The Morgan fingerprint density at radius 2 is 2.42 bits per heavy atom. The summed E-state index contributed by atoms with van der Waals surface area (Å²) in [5.41, 5.74) is 1.06. The van der Waals surface area contributed by atoms with Crippen molar-refractivity contribution in [3.05, 3.63) is 29.8 Å². The molecule has 0 bridgehead atoms. The number of hydrogen-bond donors (Lipinski definition) is 2. The fraction of sp³-hybridized carbons (Fsp3) is 0.417. The Balaban J connectivity index is 1.49. The van der Waals surface area contributed by atoms with Crippen molar-refractivity contribution < 1.29 is 4.79 Å². The molecule has 0 atom stereocenters. The summed E-state index contributed by atoms with van der Waals surface area (Å²) in [4.78, 5) is 16.0. The Kier molecular flexibility index (Phi) is 3.20. The minimum Gasteiger partial charge on any atom is -0.357 e.